The van der Waals surface area contributed by atoms with Crippen LogP contribution in [0.2, 0.25) is 0 Å². The number of cyclic esters (lactones) is 1. The highest BCUT2D eigenvalue weighted by Crippen LogP contribution is 2.39. The molecule has 4 nitrogen and oxygen atoms in total. The predicted octanol–water partition coefficient (Wildman–Crippen LogP) is 6.41. The lowest BCUT2D eigenvalue weighted by Gasteiger charge is -2.33. The Balaban J connectivity index is 2.03. The Bertz CT molecular complexity index is 956. The van der Waals surface area contributed by atoms with Crippen LogP contribution in [-0.2, 0) is 11.2 Å². The second-order valence-corrected chi connectivity index (χ2v) is 10.8. The van der Waals surface area contributed by atoms with Crippen molar-refractivity contribution in [1.82, 2.24) is 0 Å². The summed E-state index contributed by atoms with van der Waals surface area (Å²) in [6.07, 6.45) is 5.98. The minimum absolute atomic E-state index is 0.0904. The van der Waals surface area contributed by atoms with Crippen molar-refractivity contribution in [2.45, 2.75) is 82.8 Å². The maximum atomic E-state index is 12.9. The van der Waals surface area contributed by atoms with Crippen LogP contribution in [0.4, 0.5) is 0 Å². The Morgan fingerprint density at radius 3 is 2.66 bits per heavy atom. The lowest BCUT2D eigenvalue weighted by Crippen LogP contribution is -2.37. The van der Waals surface area contributed by atoms with Gasteiger partial charge in [0.1, 0.15) is 11.9 Å². The molecular weight excluding hydrogens is 468 g/mol. The number of phenols is 1. The van der Waals surface area contributed by atoms with Gasteiger partial charge in [-0.1, -0.05) is 45.3 Å². The molecule has 2 bridgehead atoms. The van der Waals surface area contributed by atoms with Crippen LogP contribution in [0.3, 0.4) is 0 Å². The SMILES string of the molecule is C=C(C)C1CCC(C)(O)C(Br)CCC2C(C)=CCC(C)=C2Cc2cc(ccc2O)C(=O)O1. The van der Waals surface area contributed by atoms with E-state index in [2.05, 4.69) is 42.4 Å². The van der Waals surface area contributed by atoms with Gasteiger partial charge < -0.3 is 14.9 Å². The van der Waals surface area contributed by atoms with Gasteiger partial charge in [-0.25, -0.2) is 4.79 Å². The number of hydrogen-bond acceptors (Lipinski definition) is 4. The average molecular weight is 503 g/mol. The zero-order valence-corrected chi connectivity index (χ0v) is 21.2. The normalized spacial score (nSPS) is 29.9. The van der Waals surface area contributed by atoms with Crippen molar-refractivity contribution in [1.29, 1.82) is 0 Å². The number of esters is 1. The number of benzene rings is 1. The maximum absolute atomic E-state index is 12.9. The summed E-state index contributed by atoms with van der Waals surface area (Å²) in [5, 5.41) is 21.7. The third-order valence-electron chi connectivity index (χ3n) is 7.04. The van der Waals surface area contributed by atoms with E-state index in [-0.39, 0.29) is 16.5 Å². The van der Waals surface area contributed by atoms with Crippen LogP contribution in [0.25, 0.3) is 0 Å². The van der Waals surface area contributed by atoms with Crippen molar-refractivity contribution in [2.24, 2.45) is 5.92 Å². The van der Waals surface area contributed by atoms with Crippen LogP contribution >= 0.6 is 15.9 Å². The molecule has 1 aromatic carbocycles. The van der Waals surface area contributed by atoms with E-state index >= 15 is 0 Å². The zero-order valence-electron chi connectivity index (χ0n) is 19.6. The molecule has 0 radical (unpaired) electrons. The highest BCUT2D eigenvalue weighted by Gasteiger charge is 2.33. The molecule has 0 saturated carbocycles. The van der Waals surface area contributed by atoms with Gasteiger partial charge in [-0.05, 0) is 95.6 Å². The van der Waals surface area contributed by atoms with Crippen LogP contribution in [-0.4, -0.2) is 32.7 Å². The summed E-state index contributed by atoms with van der Waals surface area (Å²) in [7, 11) is 0. The topological polar surface area (TPSA) is 66.8 Å². The van der Waals surface area contributed by atoms with Gasteiger partial charge in [-0.15, -0.1) is 0 Å². The first-order chi connectivity index (χ1) is 15.0. The Hall–Kier alpha value is -1.85. The summed E-state index contributed by atoms with van der Waals surface area (Å²) in [6, 6.07) is 4.93. The van der Waals surface area contributed by atoms with E-state index in [1.807, 2.05) is 13.8 Å². The molecule has 2 aliphatic rings. The van der Waals surface area contributed by atoms with Crippen LogP contribution in [0.15, 0.2) is 53.1 Å². The number of aromatic hydroxyl groups is 1. The number of alkyl halides is 1. The zero-order chi connectivity index (χ0) is 23.6. The first-order valence-corrected chi connectivity index (χ1v) is 12.3. The Morgan fingerprint density at radius 1 is 1.25 bits per heavy atom. The number of aliphatic hydroxyl groups is 1. The number of phenolic OH excluding ortho intramolecular Hbond substituents is 1. The standard InChI is InChI=1S/C27H35BrO4/c1-16(2)24-12-13-27(5,31)25(28)11-9-21-17(3)6-7-18(4)22(21)15-20-14-19(26(30)32-24)8-10-23(20)29/h6,8,10,14,21,24-25,29,31H,1,7,9,11-13,15H2,2-5H3. The number of carbonyl (C=O) groups excluding carboxylic acids is 1. The summed E-state index contributed by atoms with van der Waals surface area (Å²) < 4.78 is 5.77. The maximum Gasteiger partial charge on any atom is 0.338 e. The molecule has 1 aromatic rings. The lowest BCUT2D eigenvalue weighted by molar-refractivity contribution is 0.0150. The number of fused-ring (bicyclic) bond motifs is 3. The number of halogens is 1. The van der Waals surface area contributed by atoms with E-state index in [0.717, 1.165) is 30.4 Å². The van der Waals surface area contributed by atoms with Crippen molar-refractivity contribution >= 4 is 21.9 Å². The molecular formula is C27H35BrO4. The molecule has 0 spiro atoms. The van der Waals surface area contributed by atoms with Gasteiger partial charge in [0.05, 0.1) is 11.2 Å². The number of rotatable bonds is 1. The molecule has 3 rings (SSSR count). The fourth-order valence-electron chi connectivity index (χ4n) is 4.70. The van der Waals surface area contributed by atoms with E-state index in [9.17, 15) is 15.0 Å². The minimum Gasteiger partial charge on any atom is -0.508 e. The molecule has 2 N–H and O–H groups in total. The fraction of sp³-hybridized carbons (Fsp3) is 0.519. The predicted molar refractivity (Wildman–Crippen MR) is 132 cm³/mol. The Kier molecular flexibility index (Phi) is 7.72. The smallest absolute Gasteiger partial charge is 0.338 e. The number of hydrogen-bond donors (Lipinski definition) is 2. The summed E-state index contributed by atoms with van der Waals surface area (Å²) in [4.78, 5) is 12.8. The molecule has 0 fully saturated rings. The van der Waals surface area contributed by atoms with Crippen molar-refractivity contribution in [3.8, 4) is 5.75 Å². The number of ether oxygens (including phenoxy) is 1. The summed E-state index contributed by atoms with van der Waals surface area (Å²) in [5.41, 5.74) is 4.88. The highest BCUT2D eigenvalue weighted by atomic mass is 79.9. The van der Waals surface area contributed by atoms with Crippen LogP contribution in [0, 0.1) is 5.92 Å². The van der Waals surface area contributed by atoms with E-state index in [0.29, 0.717) is 24.8 Å². The van der Waals surface area contributed by atoms with E-state index in [1.54, 1.807) is 18.2 Å². The van der Waals surface area contributed by atoms with Crippen LogP contribution in [0.1, 0.15) is 75.7 Å². The molecule has 1 heterocycles. The van der Waals surface area contributed by atoms with Gasteiger partial charge in [0.2, 0.25) is 0 Å². The fourth-order valence-corrected chi connectivity index (χ4v) is 5.20. The molecule has 0 amide bonds. The quantitative estimate of drug-likeness (QED) is 0.264. The molecule has 174 valence electrons. The lowest BCUT2D eigenvalue weighted by atomic mass is 9.76. The van der Waals surface area contributed by atoms with Crippen molar-refractivity contribution in [3.05, 3.63) is 64.3 Å². The van der Waals surface area contributed by atoms with Crippen molar-refractivity contribution in [2.75, 3.05) is 0 Å². The van der Waals surface area contributed by atoms with Crippen molar-refractivity contribution < 1.29 is 19.7 Å². The van der Waals surface area contributed by atoms with Gasteiger partial charge in [0, 0.05) is 10.7 Å². The number of carbonyl (C=O) groups is 1. The third-order valence-corrected chi connectivity index (χ3v) is 8.48. The van der Waals surface area contributed by atoms with Gasteiger partial charge in [-0.2, -0.15) is 0 Å². The molecule has 32 heavy (non-hydrogen) atoms. The highest BCUT2D eigenvalue weighted by molar-refractivity contribution is 9.09. The third kappa shape index (κ3) is 5.55. The second-order valence-electron chi connectivity index (χ2n) is 9.71. The number of allylic oxidation sites excluding steroid dienone is 4. The summed E-state index contributed by atoms with van der Waals surface area (Å²) in [6.45, 7) is 12.0. The van der Waals surface area contributed by atoms with Crippen LogP contribution < -0.4 is 0 Å². The minimum atomic E-state index is -0.943. The largest absolute Gasteiger partial charge is 0.508 e. The molecule has 5 heteroatoms. The van der Waals surface area contributed by atoms with Gasteiger partial charge in [0.25, 0.3) is 0 Å². The molecule has 1 aliphatic carbocycles. The molecule has 1 aliphatic heterocycles. The molecule has 4 atom stereocenters. The molecule has 4 unspecified atom stereocenters. The van der Waals surface area contributed by atoms with Crippen molar-refractivity contribution in [3.63, 3.8) is 0 Å². The average Bonchev–Trinajstić information content (AvgIpc) is 2.73. The van der Waals surface area contributed by atoms with Gasteiger partial charge >= 0.3 is 5.97 Å². The van der Waals surface area contributed by atoms with E-state index in [1.165, 1.54) is 16.7 Å². The summed E-state index contributed by atoms with van der Waals surface area (Å²) >= 11 is 3.74. The van der Waals surface area contributed by atoms with Gasteiger partial charge in [-0.3, -0.25) is 0 Å². The first-order valence-electron chi connectivity index (χ1n) is 11.4. The monoisotopic (exact) mass is 502 g/mol. The first kappa shape index (κ1) is 24.8. The van der Waals surface area contributed by atoms with Gasteiger partial charge in [0.15, 0.2) is 0 Å². The summed E-state index contributed by atoms with van der Waals surface area (Å²) in [5.74, 6) is 0.00362. The van der Waals surface area contributed by atoms with E-state index < -0.39 is 17.7 Å². The second kappa shape index (κ2) is 9.96. The Morgan fingerprint density at radius 2 is 1.97 bits per heavy atom. The molecule has 0 aromatic heterocycles. The molecule has 0 saturated heterocycles. The van der Waals surface area contributed by atoms with Crippen LogP contribution in [0.5, 0.6) is 5.75 Å². The van der Waals surface area contributed by atoms with E-state index in [4.69, 9.17) is 4.74 Å². The Labute approximate surface area is 200 Å².